The average molecular weight is 308 g/mol. The highest BCUT2D eigenvalue weighted by atomic mass is 32.2. The summed E-state index contributed by atoms with van der Waals surface area (Å²) in [5, 5.41) is 17.9. The minimum absolute atomic E-state index is 0.273. The highest BCUT2D eigenvalue weighted by molar-refractivity contribution is 7.88. The molecule has 1 saturated carbocycles. The van der Waals surface area contributed by atoms with E-state index in [1.165, 1.54) is 0 Å². The Hall–Kier alpha value is -1.91. The van der Waals surface area contributed by atoms with E-state index in [1.54, 1.807) is 24.3 Å². The molecule has 21 heavy (non-hydrogen) atoms. The van der Waals surface area contributed by atoms with E-state index in [4.69, 9.17) is 10.4 Å². The van der Waals surface area contributed by atoms with E-state index in [0.717, 1.165) is 0 Å². The molecule has 2 atom stereocenters. The zero-order valence-electron chi connectivity index (χ0n) is 11.3. The molecule has 2 N–H and O–H groups in total. The summed E-state index contributed by atoms with van der Waals surface area (Å²) in [5.41, 5.74) is 0.776. The highest BCUT2D eigenvalue weighted by Gasteiger charge is 2.32. The number of hydrogen-bond acceptors (Lipinski definition) is 4. The fourth-order valence-corrected chi connectivity index (χ4v) is 4.03. The van der Waals surface area contributed by atoms with Crippen LogP contribution < -0.4 is 4.72 Å². The first-order valence-electron chi connectivity index (χ1n) is 6.62. The molecular formula is C14H16N2O4S. The number of aliphatic carboxylic acids is 1. The Kier molecular flexibility index (Phi) is 4.60. The molecule has 0 spiro atoms. The van der Waals surface area contributed by atoms with Crippen molar-refractivity contribution < 1.29 is 18.3 Å². The second-order valence-corrected chi connectivity index (χ2v) is 6.94. The van der Waals surface area contributed by atoms with Crippen LogP contribution in [0.5, 0.6) is 0 Å². The SMILES string of the molecule is N#Cc1ccccc1CS(=O)(=O)N[C@H]1CC[C@@H](C(=O)O)C1. The molecule has 1 aliphatic carbocycles. The molecule has 0 amide bonds. The van der Waals surface area contributed by atoms with Crippen molar-refractivity contribution in [3.63, 3.8) is 0 Å². The van der Waals surface area contributed by atoms with E-state index in [9.17, 15) is 13.2 Å². The zero-order valence-corrected chi connectivity index (χ0v) is 12.1. The number of carbonyl (C=O) groups is 1. The predicted molar refractivity (Wildman–Crippen MR) is 75.7 cm³/mol. The van der Waals surface area contributed by atoms with Crippen LogP contribution in [0.15, 0.2) is 24.3 Å². The van der Waals surface area contributed by atoms with Crippen LogP contribution in [0, 0.1) is 17.2 Å². The van der Waals surface area contributed by atoms with Gasteiger partial charge in [-0.1, -0.05) is 18.2 Å². The number of rotatable bonds is 5. The fourth-order valence-electron chi connectivity index (χ4n) is 2.57. The van der Waals surface area contributed by atoms with Crippen molar-refractivity contribution >= 4 is 16.0 Å². The van der Waals surface area contributed by atoms with Crippen molar-refractivity contribution in [1.29, 1.82) is 5.26 Å². The van der Waals surface area contributed by atoms with E-state index < -0.39 is 21.9 Å². The zero-order chi connectivity index (χ0) is 15.5. The fraction of sp³-hybridized carbons (Fsp3) is 0.429. The van der Waals surface area contributed by atoms with Gasteiger partial charge in [-0.05, 0) is 30.9 Å². The monoisotopic (exact) mass is 308 g/mol. The van der Waals surface area contributed by atoms with Gasteiger partial charge >= 0.3 is 5.97 Å². The molecule has 1 fully saturated rings. The van der Waals surface area contributed by atoms with Crippen molar-refractivity contribution in [3.05, 3.63) is 35.4 Å². The predicted octanol–water partition coefficient (Wildman–Crippen LogP) is 1.23. The number of nitrogens with zero attached hydrogens (tertiary/aromatic N) is 1. The van der Waals surface area contributed by atoms with Gasteiger partial charge < -0.3 is 5.11 Å². The minimum atomic E-state index is -3.59. The number of sulfonamides is 1. The Bertz CT molecular complexity index is 678. The van der Waals surface area contributed by atoms with Gasteiger partial charge in [0.25, 0.3) is 0 Å². The van der Waals surface area contributed by atoms with E-state index >= 15 is 0 Å². The molecule has 2 rings (SSSR count). The molecule has 112 valence electrons. The molecule has 0 saturated heterocycles. The van der Waals surface area contributed by atoms with Crippen LogP contribution in [0.2, 0.25) is 0 Å². The van der Waals surface area contributed by atoms with Crippen LogP contribution in [0.1, 0.15) is 30.4 Å². The lowest BCUT2D eigenvalue weighted by Gasteiger charge is -2.13. The largest absolute Gasteiger partial charge is 0.481 e. The first-order chi connectivity index (χ1) is 9.91. The van der Waals surface area contributed by atoms with Gasteiger partial charge in [-0.2, -0.15) is 5.26 Å². The van der Waals surface area contributed by atoms with Crippen LogP contribution in [-0.4, -0.2) is 25.5 Å². The number of nitrogens with one attached hydrogen (secondary N) is 1. The summed E-state index contributed by atoms with van der Waals surface area (Å²) in [5.74, 6) is -1.64. The van der Waals surface area contributed by atoms with Gasteiger partial charge in [-0.3, -0.25) is 4.79 Å². The summed E-state index contributed by atoms with van der Waals surface area (Å²) in [7, 11) is -3.59. The average Bonchev–Trinajstić information content (AvgIpc) is 2.86. The van der Waals surface area contributed by atoms with Crippen LogP contribution in [-0.2, 0) is 20.6 Å². The number of carboxylic acid groups (broad SMARTS) is 1. The maximum absolute atomic E-state index is 12.1. The van der Waals surface area contributed by atoms with Crippen molar-refractivity contribution in [3.8, 4) is 6.07 Å². The first-order valence-corrected chi connectivity index (χ1v) is 8.27. The van der Waals surface area contributed by atoms with Crippen molar-refractivity contribution in [2.75, 3.05) is 0 Å². The maximum atomic E-state index is 12.1. The van der Waals surface area contributed by atoms with Gasteiger partial charge in [0, 0.05) is 6.04 Å². The lowest BCUT2D eigenvalue weighted by molar-refractivity contribution is -0.141. The number of hydrogen-bond donors (Lipinski definition) is 2. The van der Waals surface area contributed by atoms with E-state index in [2.05, 4.69) is 4.72 Å². The third-order valence-corrected chi connectivity index (χ3v) is 4.99. The standard InChI is InChI=1S/C14H16N2O4S/c15-8-11-3-1-2-4-12(11)9-21(19,20)16-13-6-5-10(7-13)14(17)18/h1-4,10,13,16H,5-7,9H2,(H,17,18)/t10-,13+/m1/s1. The quantitative estimate of drug-likeness (QED) is 0.850. The topological polar surface area (TPSA) is 107 Å². The first kappa shape index (κ1) is 15.5. The molecular weight excluding hydrogens is 292 g/mol. The van der Waals surface area contributed by atoms with E-state index in [1.807, 2.05) is 6.07 Å². The van der Waals surface area contributed by atoms with E-state index in [-0.39, 0.29) is 11.8 Å². The van der Waals surface area contributed by atoms with Gasteiger partial charge in [0.05, 0.1) is 23.3 Å². The Labute approximate surface area is 123 Å². The summed E-state index contributed by atoms with van der Waals surface area (Å²) in [4.78, 5) is 10.9. The van der Waals surface area contributed by atoms with Crippen LogP contribution in [0.4, 0.5) is 0 Å². The maximum Gasteiger partial charge on any atom is 0.306 e. The Morgan fingerprint density at radius 3 is 2.71 bits per heavy atom. The normalized spacial score (nSPS) is 21.9. The second-order valence-electron chi connectivity index (χ2n) is 5.19. The summed E-state index contributed by atoms with van der Waals surface area (Å²) < 4.78 is 26.8. The minimum Gasteiger partial charge on any atom is -0.481 e. The van der Waals surface area contributed by atoms with Crippen molar-refractivity contribution in [1.82, 2.24) is 4.72 Å². The molecule has 1 aromatic carbocycles. The lowest BCUT2D eigenvalue weighted by Crippen LogP contribution is -2.34. The summed E-state index contributed by atoms with van der Waals surface area (Å²) in [6, 6.07) is 8.15. The van der Waals surface area contributed by atoms with Gasteiger partial charge in [0.2, 0.25) is 10.0 Å². The highest BCUT2D eigenvalue weighted by Crippen LogP contribution is 2.26. The number of benzene rings is 1. The Morgan fingerprint density at radius 2 is 2.10 bits per heavy atom. The Balaban J connectivity index is 2.03. The smallest absolute Gasteiger partial charge is 0.306 e. The molecule has 0 aromatic heterocycles. The molecule has 0 aliphatic heterocycles. The van der Waals surface area contributed by atoms with Crippen LogP contribution in [0.3, 0.4) is 0 Å². The van der Waals surface area contributed by atoms with Gasteiger partial charge in [-0.25, -0.2) is 13.1 Å². The molecule has 6 nitrogen and oxygen atoms in total. The summed E-state index contributed by atoms with van der Waals surface area (Å²) in [6.45, 7) is 0. The van der Waals surface area contributed by atoms with Gasteiger partial charge in [0.1, 0.15) is 0 Å². The third-order valence-electron chi connectivity index (χ3n) is 3.61. The molecule has 0 unspecified atom stereocenters. The van der Waals surface area contributed by atoms with Gasteiger partial charge in [-0.15, -0.1) is 0 Å². The molecule has 1 aliphatic rings. The van der Waals surface area contributed by atoms with Crippen LogP contribution in [0.25, 0.3) is 0 Å². The second kappa shape index (κ2) is 6.24. The summed E-state index contributed by atoms with van der Waals surface area (Å²) in [6.07, 6.45) is 1.32. The Morgan fingerprint density at radius 1 is 1.38 bits per heavy atom. The van der Waals surface area contributed by atoms with Crippen molar-refractivity contribution in [2.45, 2.75) is 31.1 Å². The third kappa shape index (κ3) is 4.03. The van der Waals surface area contributed by atoms with Crippen LogP contribution >= 0.6 is 0 Å². The van der Waals surface area contributed by atoms with Gasteiger partial charge in [0.15, 0.2) is 0 Å². The molecule has 7 heteroatoms. The molecule has 0 bridgehead atoms. The lowest BCUT2D eigenvalue weighted by atomic mass is 10.1. The number of nitriles is 1. The molecule has 0 heterocycles. The molecule has 0 radical (unpaired) electrons. The van der Waals surface area contributed by atoms with E-state index in [0.29, 0.717) is 30.4 Å². The number of carboxylic acids is 1. The molecule has 1 aromatic rings. The van der Waals surface area contributed by atoms with Crippen molar-refractivity contribution in [2.24, 2.45) is 5.92 Å². The summed E-state index contributed by atoms with van der Waals surface area (Å²) >= 11 is 0.